The number of amides is 1. The first kappa shape index (κ1) is 18.9. The molecule has 0 saturated carbocycles. The van der Waals surface area contributed by atoms with Crippen molar-refractivity contribution in [1.82, 2.24) is 24.6 Å². The topological polar surface area (TPSA) is 110 Å². The molecule has 0 bridgehead atoms. The Labute approximate surface area is 165 Å². The van der Waals surface area contributed by atoms with Crippen LogP contribution in [0, 0.1) is 0 Å². The van der Waals surface area contributed by atoms with Crippen LogP contribution in [0.15, 0.2) is 52.3 Å². The van der Waals surface area contributed by atoms with E-state index in [9.17, 15) is 14.4 Å². The minimum absolute atomic E-state index is 0.0218. The predicted molar refractivity (Wildman–Crippen MR) is 106 cm³/mol. The van der Waals surface area contributed by atoms with Gasteiger partial charge in [0, 0.05) is 61.9 Å². The smallest absolute Gasteiger partial charge is 0.328 e. The molecule has 1 fully saturated rings. The van der Waals surface area contributed by atoms with E-state index < -0.39 is 11.2 Å². The Kier molecular flexibility index (Phi) is 5.37. The molecular weight excluding hydrogens is 374 g/mol. The Balaban J connectivity index is 1.31. The lowest BCUT2D eigenvalue weighted by Crippen LogP contribution is -2.42. The maximum Gasteiger partial charge on any atom is 0.328 e. The van der Waals surface area contributed by atoms with Crippen LogP contribution >= 0.6 is 0 Å². The Hall–Kier alpha value is -3.49. The fourth-order valence-electron chi connectivity index (χ4n) is 3.46. The lowest BCUT2D eigenvalue weighted by molar-refractivity contribution is -0.133. The summed E-state index contributed by atoms with van der Waals surface area (Å²) >= 11 is 0. The van der Waals surface area contributed by atoms with E-state index in [0.29, 0.717) is 31.8 Å². The van der Waals surface area contributed by atoms with Crippen molar-refractivity contribution in [2.24, 2.45) is 0 Å². The molecule has 9 nitrogen and oxygen atoms in total. The number of benzene rings is 1. The molecule has 1 aromatic carbocycles. The van der Waals surface area contributed by atoms with Crippen LogP contribution in [0.2, 0.25) is 0 Å². The van der Waals surface area contributed by atoms with Crippen LogP contribution in [0.4, 0.5) is 0 Å². The summed E-state index contributed by atoms with van der Waals surface area (Å²) < 4.78 is 7.39. The van der Waals surface area contributed by atoms with Crippen LogP contribution < -0.4 is 16.0 Å². The quantitative estimate of drug-likeness (QED) is 0.688. The number of rotatable bonds is 5. The highest BCUT2D eigenvalue weighted by Gasteiger charge is 2.24. The number of H-pyrrole nitrogens is 1. The Bertz CT molecular complexity index is 1130. The van der Waals surface area contributed by atoms with Crippen molar-refractivity contribution >= 4 is 16.7 Å². The lowest BCUT2D eigenvalue weighted by Gasteiger charge is -2.32. The molecule has 0 aliphatic carbocycles. The highest BCUT2D eigenvalue weighted by atomic mass is 16.5. The van der Waals surface area contributed by atoms with Crippen molar-refractivity contribution in [2.45, 2.75) is 31.9 Å². The summed E-state index contributed by atoms with van der Waals surface area (Å²) in [5.41, 5.74) is -0.955. The first-order valence-electron chi connectivity index (χ1n) is 9.55. The van der Waals surface area contributed by atoms with Gasteiger partial charge in [-0.05, 0) is 6.07 Å². The molecule has 1 saturated heterocycles. The third kappa shape index (κ3) is 4.34. The summed E-state index contributed by atoms with van der Waals surface area (Å²) in [4.78, 5) is 39.2. The van der Waals surface area contributed by atoms with Gasteiger partial charge >= 0.3 is 5.69 Å². The highest BCUT2D eigenvalue weighted by molar-refractivity contribution is 5.85. The van der Waals surface area contributed by atoms with Gasteiger partial charge in [0.1, 0.15) is 6.10 Å². The average Bonchev–Trinajstić information content (AvgIpc) is 2.74. The number of aromatic nitrogens is 4. The molecule has 0 spiro atoms. The third-order valence-corrected chi connectivity index (χ3v) is 5.07. The molecule has 1 N–H and O–H groups in total. The highest BCUT2D eigenvalue weighted by Crippen LogP contribution is 2.25. The fraction of sp³-hybridized carbons (Fsp3) is 0.350. The van der Waals surface area contributed by atoms with Gasteiger partial charge in [-0.1, -0.05) is 18.2 Å². The van der Waals surface area contributed by atoms with Gasteiger partial charge in [0.15, 0.2) is 0 Å². The van der Waals surface area contributed by atoms with E-state index in [1.807, 2.05) is 24.3 Å². The zero-order valence-corrected chi connectivity index (χ0v) is 15.8. The van der Waals surface area contributed by atoms with E-state index in [1.165, 1.54) is 16.8 Å². The van der Waals surface area contributed by atoms with Crippen LogP contribution in [-0.2, 0) is 11.3 Å². The monoisotopic (exact) mass is 395 g/mol. The molecular formula is C20H21N5O4. The van der Waals surface area contributed by atoms with Crippen molar-refractivity contribution in [3.8, 4) is 5.88 Å². The van der Waals surface area contributed by atoms with Gasteiger partial charge in [-0.2, -0.15) is 5.10 Å². The zero-order valence-electron chi connectivity index (χ0n) is 15.8. The average molecular weight is 395 g/mol. The molecule has 3 heterocycles. The summed E-state index contributed by atoms with van der Waals surface area (Å²) in [6.07, 6.45) is 4.69. The second-order valence-electron chi connectivity index (χ2n) is 6.99. The van der Waals surface area contributed by atoms with Crippen LogP contribution in [-0.4, -0.2) is 49.7 Å². The number of hydrogen-bond donors (Lipinski definition) is 1. The summed E-state index contributed by atoms with van der Waals surface area (Å²) in [5.74, 6) is 0.497. The summed E-state index contributed by atoms with van der Waals surface area (Å²) in [6, 6.07) is 9.07. The van der Waals surface area contributed by atoms with Crippen molar-refractivity contribution in [1.29, 1.82) is 0 Å². The number of ether oxygens (including phenoxy) is 1. The maximum absolute atomic E-state index is 12.5. The third-order valence-electron chi connectivity index (χ3n) is 5.07. The zero-order chi connectivity index (χ0) is 20.2. The number of nitrogens with one attached hydrogen (secondary N) is 1. The Morgan fingerprint density at radius 2 is 1.97 bits per heavy atom. The molecule has 9 heteroatoms. The minimum atomic E-state index is -0.506. The van der Waals surface area contributed by atoms with E-state index >= 15 is 0 Å². The fourth-order valence-corrected chi connectivity index (χ4v) is 3.46. The van der Waals surface area contributed by atoms with E-state index in [4.69, 9.17) is 4.74 Å². The number of carbonyl (C=O) groups excluding carboxylic acids is 1. The van der Waals surface area contributed by atoms with Gasteiger partial charge < -0.3 is 14.2 Å². The first-order chi connectivity index (χ1) is 14.1. The van der Waals surface area contributed by atoms with Gasteiger partial charge in [0.05, 0.1) is 6.20 Å². The van der Waals surface area contributed by atoms with Crippen molar-refractivity contribution < 1.29 is 9.53 Å². The van der Waals surface area contributed by atoms with Crippen LogP contribution in [0.3, 0.4) is 0 Å². The molecule has 1 amide bonds. The molecule has 1 aliphatic rings. The number of nitrogens with zero attached hydrogens (tertiary/aromatic N) is 4. The number of hydrogen-bond acceptors (Lipinski definition) is 6. The van der Waals surface area contributed by atoms with Crippen molar-refractivity contribution in [3.63, 3.8) is 0 Å². The molecule has 2 aromatic heterocycles. The molecule has 0 unspecified atom stereocenters. The van der Waals surface area contributed by atoms with E-state index in [0.717, 1.165) is 10.8 Å². The van der Waals surface area contributed by atoms with Gasteiger partial charge in [-0.15, -0.1) is 5.10 Å². The van der Waals surface area contributed by atoms with Gasteiger partial charge in [-0.25, -0.2) is 4.79 Å². The molecule has 3 aromatic rings. The number of fused-ring (bicyclic) bond motifs is 1. The molecule has 1 aliphatic heterocycles. The summed E-state index contributed by atoms with van der Waals surface area (Å²) in [6.45, 7) is 1.40. The minimum Gasteiger partial charge on any atom is -0.473 e. The second-order valence-corrected chi connectivity index (χ2v) is 6.99. The SMILES string of the molecule is O=C(CCn1ccc(=O)[nH]c1=O)N1CCC(Oc2nncc3ccccc23)CC1. The Morgan fingerprint density at radius 3 is 2.76 bits per heavy atom. The van der Waals surface area contributed by atoms with Gasteiger partial charge in [0.25, 0.3) is 5.56 Å². The summed E-state index contributed by atoms with van der Waals surface area (Å²) in [5, 5.41) is 10.0. The summed E-state index contributed by atoms with van der Waals surface area (Å²) in [7, 11) is 0. The molecule has 150 valence electrons. The van der Waals surface area contributed by atoms with Crippen LogP contribution in [0.5, 0.6) is 5.88 Å². The van der Waals surface area contributed by atoms with Crippen LogP contribution in [0.1, 0.15) is 19.3 Å². The van der Waals surface area contributed by atoms with Crippen molar-refractivity contribution in [3.05, 3.63) is 63.6 Å². The van der Waals surface area contributed by atoms with E-state index in [-0.39, 0.29) is 25.0 Å². The normalized spacial score (nSPS) is 14.8. The van der Waals surface area contributed by atoms with Gasteiger partial charge in [-0.3, -0.25) is 14.6 Å². The maximum atomic E-state index is 12.5. The lowest BCUT2D eigenvalue weighted by atomic mass is 10.1. The number of aromatic amines is 1. The van der Waals surface area contributed by atoms with E-state index in [1.54, 1.807) is 11.1 Å². The number of piperidine rings is 1. The molecule has 4 rings (SSSR count). The Morgan fingerprint density at radius 1 is 1.17 bits per heavy atom. The number of likely N-dealkylation sites (tertiary alicyclic amines) is 1. The second kappa shape index (κ2) is 8.26. The molecule has 0 atom stereocenters. The van der Waals surface area contributed by atoms with Gasteiger partial charge in [0.2, 0.25) is 11.8 Å². The van der Waals surface area contributed by atoms with Crippen molar-refractivity contribution in [2.75, 3.05) is 13.1 Å². The largest absolute Gasteiger partial charge is 0.473 e. The molecule has 0 radical (unpaired) electrons. The number of aryl methyl sites for hydroxylation is 1. The van der Waals surface area contributed by atoms with Crippen LogP contribution in [0.25, 0.3) is 10.8 Å². The standard InChI is InChI=1S/C20H21N5O4/c26-17-7-11-25(20(28)22-17)12-8-18(27)24-9-5-15(6-10-24)29-19-16-4-2-1-3-14(16)13-21-23-19/h1-4,7,11,13,15H,5-6,8-10,12H2,(H,22,26,28). The molecule has 29 heavy (non-hydrogen) atoms. The number of carbonyl (C=O) groups is 1. The first-order valence-corrected chi connectivity index (χ1v) is 9.55. The predicted octanol–water partition coefficient (Wildman–Crippen LogP) is 0.940. The van der Waals surface area contributed by atoms with E-state index in [2.05, 4.69) is 15.2 Å².